The molecule has 2 heteroatoms. The van der Waals surface area contributed by atoms with Crippen LogP contribution in [-0.4, -0.2) is 37.1 Å². The first-order valence-corrected chi connectivity index (χ1v) is 9.27. The lowest BCUT2D eigenvalue weighted by atomic mass is 9.90. The number of piperidine rings is 1. The van der Waals surface area contributed by atoms with Crippen LogP contribution >= 0.6 is 0 Å². The molecule has 118 valence electrons. The molecule has 2 rings (SSSR count). The molecule has 1 N–H and O–H groups in total. The molecule has 1 aliphatic heterocycles. The third-order valence-electron chi connectivity index (χ3n) is 5.31. The predicted octanol–water partition coefficient (Wildman–Crippen LogP) is 4.06. The molecule has 2 aliphatic rings. The lowest BCUT2D eigenvalue weighted by Gasteiger charge is -2.38. The van der Waals surface area contributed by atoms with E-state index in [-0.39, 0.29) is 0 Å². The van der Waals surface area contributed by atoms with Gasteiger partial charge in [-0.3, -0.25) is 0 Å². The van der Waals surface area contributed by atoms with E-state index < -0.39 is 0 Å². The van der Waals surface area contributed by atoms with Crippen LogP contribution in [0.15, 0.2) is 0 Å². The fraction of sp³-hybridized carbons (Fsp3) is 1.00. The summed E-state index contributed by atoms with van der Waals surface area (Å²) < 4.78 is 0. The Morgan fingerprint density at radius 1 is 1.00 bits per heavy atom. The highest BCUT2D eigenvalue weighted by Crippen LogP contribution is 2.25. The van der Waals surface area contributed by atoms with E-state index in [1.807, 2.05) is 0 Å². The lowest BCUT2D eigenvalue weighted by Crippen LogP contribution is -2.50. The number of likely N-dealkylation sites (tertiary alicyclic amines) is 1. The van der Waals surface area contributed by atoms with Crippen molar-refractivity contribution in [1.82, 2.24) is 10.2 Å². The fourth-order valence-electron chi connectivity index (χ4n) is 4.18. The van der Waals surface area contributed by atoms with Crippen LogP contribution < -0.4 is 5.32 Å². The zero-order valence-corrected chi connectivity index (χ0v) is 13.9. The van der Waals surface area contributed by atoms with Gasteiger partial charge in [0.1, 0.15) is 0 Å². The summed E-state index contributed by atoms with van der Waals surface area (Å²) in [6.45, 7) is 9.90. The highest BCUT2D eigenvalue weighted by molar-refractivity contribution is 4.84. The highest BCUT2D eigenvalue weighted by atomic mass is 15.2. The van der Waals surface area contributed by atoms with Gasteiger partial charge in [0.2, 0.25) is 0 Å². The van der Waals surface area contributed by atoms with Gasteiger partial charge in [0.05, 0.1) is 0 Å². The molecule has 2 nitrogen and oxygen atoms in total. The number of rotatable bonds is 8. The molecule has 0 bridgehead atoms. The Hall–Kier alpha value is -0.0800. The molecule has 1 saturated heterocycles. The summed E-state index contributed by atoms with van der Waals surface area (Å²) in [6.07, 6.45) is 12.8. The monoisotopic (exact) mass is 280 g/mol. The van der Waals surface area contributed by atoms with E-state index in [0.717, 1.165) is 17.9 Å². The van der Waals surface area contributed by atoms with Gasteiger partial charge >= 0.3 is 0 Å². The van der Waals surface area contributed by atoms with Crippen molar-refractivity contribution in [3.05, 3.63) is 0 Å². The highest BCUT2D eigenvalue weighted by Gasteiger charge is 2.27. The fourth-order valence-corrected chi connectivity index (χ4v) is 4.18. The van der Waals surface area contributed by atoms with E-state index >= 15 is 0 Å². The van der Waals surface area contributed by atoms with E-state index in [2.05, 4.69) is 24.1 Å². The topological polar surface area (TPSA) is 15.3 Å². The molecule has 2 unspecified atom stereocenters. The van der Waals surface area contributed by atoms with Gasteiger partial charge in [-0.05, 0) is 57.0 Å². The first-order chi connectivity index (χ1) is 9.81. The van der Waals surface area contributed by atoms with Gasteiger partial charge in [-0.15, -0.1) is 0 Å². The minimum atomic E-state index is 0.762. The van der Waals surface area contributed by atoms with Gasteiger partial charge < -0.3 is 10.2 Å². The second-order valence-corrected chi connectivity index (χ2v) is 7.26. The Balaban J connectivity index is 1.76. The summed E-state index contributed by atoms with van der Waals surface area (Å²) in [6, 6.07) is 0.762. The predicted molar refractivity (Wildman–Crippen MR) is 88.1 cm³/mol. The molecule has 1 heterocycles. The summed E-state index contributed by atoms with van der Waals surface area (Å²) in [5, 5.41) is 3.92. The number of nitrogens with one attached hydrogen (secondary N) is 1. The van der Waals surface area contributed by atoms with Crippen molar-refractivity contribution in [3.63, 3.8) is 0 Å². The van der Waals surface area contributed by atoms with E-state index in [1.165, 1.54) is 84.0 Å². The molecule has 20 heavy (non-hydrogen) atoms. The number of unbranched alkanes of at least 4 members (excludes halogenated alkanes) is 1. The molecule has 2 fully saturated rings. The third kappa shape index (κ3) is 5.37. The van der Waals surface area contributed by atoms with E-state index in [4.69, 9.17) is 0 Å². The quantitative estimate of drug-likeness (QED) is 0.721. The molecule has 0 spiro atoms. The van der Waals surface area contributed by atoms with Gasteiger partial charge in [0.25, 0.3) is 0 Å². The average Bonchev–Trinajstić information content (AvgIpc) is 2.96. The number of hydrogen-bond donors (Lipinski definition) is 1. The molecule has 0 aromatic carbocycles. The van der Waals surface area contributed by atoms with Crippen LogP contribution in [0.2, 0.25) is 0 Å². The first-order valence-electron chi connectivity index (χ1n) is 9.27. The molecular formula is C18H36N2. The van der Waals surface area contributed by atoms with Crippen molar-refractivity contribution in [2.45, 2.75) is 77.7 Å². The average molecular weight is 280 g/mol. The maximum atomic E-state index is 3.92. The Kier molecular flexibility index (Phi) is 7.37. The summed E-state index contributed by atoms with van der Waals surface area (Å²) in [4.78, 5) is 2.74. The van der Waals surface area contributed by atoms with Crippen LogP contribution in [0.1, 0.15) is 71.6 Å². The minimum absolute atomic E-state index is 0.762. The van der Waals surface area contributed by atoms with Crippen LogP contribution in [0.3, 0.4) is 0 Å². The standard InChI is InChI=1S/C18H36N2/c1-3-5-11-20-14-17(8-4-2)12-18(15-20)19-13-16-9-6-7-10-16/h16-19H,3-15H2,1-2H3. The van der Waals surface area contributed by atoms with Gasteiger partial charge in [0.15, 0.2) is 0 Å². The van der Waals surface area contributed by atoms with E-state index in [0.29, 0.717) is 0 Å². The van der Waals surface area contributed by atoms with Gasteiger partial charge in [-0.2, -0.15) is 0 Å². The number of hydrogen-bond acceptors (Lipinski definition) is 2. The maximum absolute atomic E-state index is 3.92. The van der Waals surface area contributed by atoms with Crippen LogP contribution in [0.25, 0.3) is 0 Å². The molecule has 0 aromatic rings. The largest absolute Gasteiger partial charge is 0.312 e. The molecular weight excluding hydrogens is 244 g/mol. The van der Waals surface area contributed by atoms with Gasteiger partial charge in [-0.25, -0.2) is 0 Å². The van der Waals surface area contributed by atoms with Crippen molar-refractivity contribution in [2.75, 3.05) is 26.2 Å². The van der Waals surface area contributed by atoms with Crippen LogP contribution in [0.5, 0.6) is 0 Å². The van der Waals surface area contributed by atoms with Crippen LogP contribution in [0, 0.1) is 11.8 Å². The molecule has 1 saturated carbocycles. The Morgan fingerprint density at radius 3 is 2.50 bits per heavy atom. The van der Waals surface area contributed by atoms with Crippen LogP contribution in [-0.2, 0) is 0 Å². The molecule has 0 aromatic heterocycles. The normalized spacial score (nSPS) is 29.1. The van der Waals surface area contributed by atoms with Crippen molar-refractivity contribution in [1.29, 1.82) is 0 Å². The Bertz CT molecular complexity index is 248. The van der Waals surface area contributed by atoms with E-state index in [1.54, 1.807) is 0 Å². The van der Waals surface area contributed by atoms with Crippen molar-refractivity contribution < 1.29 is 0 Å². The lowest BCUT2D eigenvalue weighted by molar-refractivity contribution is 0.131. The zero-order valence-electron chi connectivity index (χ0n) is 13.9. The SMILES string of the molecule is CCCCN1CC(CCC)CC(NCC2CCCC2)C1. The Labute approximate surface area is 126 Å². The second-order valence-electron chi connectivity index (χ2n) is 7.26. The second kappa shape index (κ2) is 9.04. The summed E-state index contributed by atoms with van der Waals surface area (Å²) in [7, 11) is 0. The van der Waals surface area contributed by atoms with Gasteiger partial charge in [0, 0.05) is 19.1 Å². The molecule has 1 aliphatic carbocycles. The van der Waals surface area contributed by atoms with Gasteiger partial charge in [-0.1, -0.05) is 39.5 Å². The van der Waals surface area contributed by atoms with Crippen LogP contribution in [0.4, 0.5) is 0 Å². The summed E-state index contributed by atoms with van der Waals surface area (Å²) in [5.41, 5.74) is 0. The first kappa shape index (κ1) is 16.3. The summed E-state index contributed by atoms with van der Waals surface area (Å²) >= 11 is 0. The smallest absolute Gasteiger partial charge is 0.0198 e. The Morgan fingerprint density at radius 2 is 1.80 bits per heavy atom. The maximum Gasteiger partial charge on any atom is 0.0198 e. The molecule has 2 atom stereocenters. The van der Waals surface area contributed by atoms with Crippen molar-refractivity contribution in [3.8, 4) is 0 Å². The van der Waals surface area contributed by atoms with E-state index in [9.17, 15) is 0 Å². The molecule has 0 radical (unpaired) electrons. The van der Waals surface area contributed by atoms with Crippen molar-refractivity contribution >= 4 is 0 Å². The summed E-state index contributed by atoms with van der Waals surface area (Å²) in [5.74, 6) is 1.91. The van der Waals surface area contributed by atoms with Crippen molar-refractivity contribution in [2.24, 2.45) is 11.8 Å². The molecule has 0 amide bonds. The zero-order chi connectivity index (χ0) is 14.2. The minimum Gasteiger partial charge on any atom is -0.312 e. The number of nitrogens with zero attached hydrogens (tertiary/aromatic N) is 1. The third-order valence-corrected chi connectivity index (χ3v) is 5.31.